The van der Waals surface area contributed by atoms with Crippen molar-refractivity contribution < 1.29 is 4.79 Å². The van der Waals surface area contributed by atoms with E-state index in [1.54, 1.807) is 17.0 Å². The Morgan fingerprint density at radius 1 is 1.59 bits per heavy atom. The number of carbonyl (C=O) groups is 1. The molecule has 4 nitrogen and oxygen atoms in total. The summed E-state index contributed by atoms with van der Waals surface area (Å²) in [4.78, 5) is 17.7. The summed E-state index contributed by atoms with van der Waals surface area (Å²) >= 11 is 5.71. The summed E-state index contributed by atoms with van der Waals surface area (Å²) < 4.78 is 0. The number of halogens is 1. The van der Waals surface area contributed by atoms with Crippen LogP contribution in [0.1, 0.15) is 30.8 Å². The molecule has 0 fully saturated rings. The van der Waals surface area contributed by atoms with Crippen LogP contribution in [0, 0.1) is 11.3 Å². The SMILES string of the molecule is CC(C)N(CCC#N)C(=O)c1ccc(Cl)cn1. The molecule has 0 saturated heterocycles. The van der Waals surface area contributed by atoms with Crippen LogP contribution in [0.4, 0.5) is 0 Å². The molecule has 1 rings (SSSR count). The Morgan fingerprint density at radius 2 is 2.29 bits per heavy atom. The summed E-state index contributed by atoms with van der Waals surface area (Å²) in [5.74, 6) is -0.174. The highest BCUT2D eigenvalue weighted by Crippen LogP contribution is 2.10. The lowest BCUT2D eigenvalue weighted by molar-refractivity contribution is 0.0704. The molecule has 0 aliphatic heterocycles. The number of carbonyl (C=O) groups excluding carboxylic acids is 1. The summed E-state index contributed by atoms with van der Waals surface area (Å²) in [6, 6.07) is 5.29. The Morgan fingerprint density at radius 3 is 2.76 bits per heavy atom. The fraction of sp³-hybridized carbons (Fsp3) is 0.417. The van der Waals surface area contributed by atoms with E-state index in [9.17, 15) is 4.79 Å². The maximum Gasteiger partial charge on any atom is 0.272 e. The highest BCUT2D eigenvalue weighted by Gasteiger charge is 2.19. The number of amides is 1. The van der Waals surface area contributed by atoms with E-state index in [4.69, 9.17) is 16.9 Å². The number of aromatic nitrogens is 1. The minimum Gasteiger partial charge on any atom is -0.334 e. The number of pyridine rings is 1. The third kappa shape index (κ3) is 3.72. The minimum atomic E-state index is -0.174. The summed E-state index contributed by atoms with van der Waals surface area (Å²) in [5.41, 5.74) is 0.348. The van der Waals surface area contributed by atoms with Crippen molar-refractivity contribution in [3.05, 3.63) is 29.0 Å². The topological polar surface area (TPSA) is 57.0 Å². The monoisotopic (exact) mass is 251 g/mol. The molecule has 5 heteroatoms. The second-order valence-corrected chi connectivity index (χ2v) is 4.30. The molecular formula is C12H14ClN3O. The van der Waals surface area contributed by atoms with Crippen molar-refractivity contribution in [1.82, 2.24) is 9.88 Å². The van der Waals surface area contributed by atoms with Crippen LogP contribution in [0.2, 0.25) is 5.02 Å². The zero-order chi connectivity index (χ0) is 12.8. The van der Waals surface area contributed by atoms with Gasteiger partial charge in [0.2, 0.25) is 0 Å². The van der Waals surface area contributed by atoms with Gasteiger partial charge >= 0.3 is 0 Å². The first-order chi connectivity index (χ1) is 8.06. The Labute approximate surface area is 106 Å². The maximum absolute atomic E-state index is 12.1. The average molecular weight is 252 g/mol. The Kier molecular flexibility index (Phi) is 4.92. The molecule has 0 spiro atoms. The molecule has 1 amide bonds. The van der Waals surface area contributed by atoms with Gasteiger partial charge in [0.15, 0.2) is 0 Å². The van der Waals surface area contributed by atoms with Crippen molar-refractivity contribution >= 4 is 17.5 Å². The number of nitrogens with zero attached hydrogens (tertiary/aromatic N) is 3. The lowest BCUT2D eigenvalue weighted by atomic mass is 10.2. The normalized spacial score (nSPS) is 10.1. The molecule has 17 heavy (non-hydrogen) atoms. The smallest absolute Gasteiger partial charge is 0.272 e. The van der Waals surface area contributed by atoms with Crippen LogP contribution in [-0.2, 0) is 0 Å². The van der Waals surface area contributed by atoms with Gasteiger partial charge in [0, 0.05) is 18.8 Å². The summed E-state index contributed by atoms with van der Waals surface area (Å²) in [7, 11) is 0. The van der Waals surface area contributed by atoms with Gasteiger partial charge < -0.3 is 4.90 Å². The molecule has 0 aromatic carbocycles. The van der Waals surface area contributed by atoms with Gasteiger partial charge in [-0.05, 0) is 26.0 Å². The lowest BCUT2D eigenvalue weighted by Gasteiger charge is -2.25. The van der Waals surface area contributed by atoms with E-state index < -0.39 is 0 Å². The third-order valence-electron chi connectivity index (χ3n) is 2.30. The van der Waals surface area contributed by atoms with Crippen LogP contribution in [-0.4, -0.2) is 28.4 Å². The minimum absolute atomic E-state index is 0.0355. The average Bonchev–Trinajstić information content (AvgIpc) is 2.29. The molecule has 0 aliphatic rings. The first-order valence-corrected chi connectivity index (χ1v) is 5.73. The van der Waals surface area contributed by atoms with Gasteiger partial charge in [0.25, 0.3) is 5.91 Å². The molecular weight excluding hydrogens is 238 g/mol. The third-order valence-corrected chi connectivity index (χ3v) is 2.52. The first kappa shape index (κ1) is 13.5. The van der Waals surface area contributed by atoms with E-state index in [1.807, 2.05) is 19.9 Å². The van der Waals surface area contributed by atoms with Crippen LogP contribution in [0.3, 0.4) is 0 Å². The number of hydrogen-bond acceptors (Lipinski definition) is 3. The van der Waals surface area contributed by atoms with E-state index in [2.05, 4.69) is 4.98 Å². The van der Waals surface area contributed by atoms with Gasteiger partial charge in [0.05, 0.1) is 17.5 Å². The van der Waals surface area contributed by atoms with Crippen LogP contribution >= 0.6 is 11.6 Å². The molecule has 1 heterocycles. The fourth-order valence-corrected chi connectivity index (χ4v) is 1.53. The molecule has 0 N–H and O–H groups in total. The zero-order valence-corrected chi connectivity index (χ0v) is 10.6. The predicted molar refractivity (Wildman–Crippen MR) is 65.6 cm³/mol. The van der Waals surface area contributed by atoms with Gasteiger partial charge in [-0.3, -0.25) is 4.79 Å². The second-order valence-electron chi connectivity index (χ2n) is 3.86. The van der Waals surface area contributed by atoms with Gasteiger partial charge in [-0.25, -0.2) is 4.98 Å². The Balaban J connectivity index is 2.84. The molecule has 0 radical (unpaired) electrons. The van der Waals surface area contributed by atoms with E-state index in [0.29, 0.717) is 23.7 Å². The van der Waals surface area contributed by atoms with Crippen molar-refractivity contribution in [3.8, 4) is 6.07 Å². The van der Waals surface area contributed by atoms with Crippen molar-refractivity contribution in [3.63, 3.8) is 0 Å². The van der Waals surface area contributed by atoms with Gasteiger partial charge in [0.1, 0.15) is 5.69 Å². The van der Waals surface area contributed by atoms with Crippen LogP contribution in [0.15, 0.2) is 18.3 Å². The van der Waals surface area contributed by atoms with Crippen LogP contribution in [0.25, 0.3) is 0 Å². The largest absolute Gasteiger partial charge is 0.334 e. The van der Waals surface area contributed by atoms with Crippen molar-refractivity contribution in [2.45, 2.75) is 26.3 Å². The molecule has 90 valence electrons. The van der Waals surface area contributed by atoms with Crippen molar-refractivity contribution in [1.29, 1.82) is 5.26 Å². The molecule has 0 bridgehead atoms. The quantitative estimate of drug-likeness (QED) is 0.826. The predicted octanol–water partition coefficient (Wildman–Crippen LogP) is 2.50. The van der Waals surface area contributed by atoms with Crippen LogP contribution < -0.4 is 0 Å². The van der Waals surface area contributed by atoms with Crippen molar-refractivity contribution in [2.75, 3.05) is 6.54 Å². The van der Waals surface area contributed by atoms with Gasteiger partial charge in [-0.2, -0.15) is 5.26 Å². The van der Waals surface area contributed by atoms with E-state index in [0.717, 1.165) is 0 Å². The maximum atomic E-state index is 12.1. The number of nitriles is 1. The lowest BCUT2D eigenvalue weighted by Crippen LogP contribution is -2.38. The molecule has 0 saturated carbocycles. The Bertz CT molecular complexity index is 422. The summed E-state index contributed by atoms with van der Waals surface area (Å²) in [5, 5.41) is 9.06. The molecule has 0 atom stereocenters. The molecule has 1 aromatic heterocycles. The van der Waals surface area contributed by atoms with Gasteiger partial charge in [-0.1, -0.05) is 11.6 Å². The number of hydrogen-bond donors (Lipinski definition) is 0. The van der Waals surface area contributed by atoms with E-state index in [1.165, 1.54) is 6.20 Å². The van der Waals surface area contributed by atoms with E-state index >= 15 is 0 Å². The molecule has 0 unspecified atom stereocenters. The highest BCUT2D eigenvalue weighted by molar-refractivity contribution is 6.30. The first-order valence-electron chi connectivity index (χ1n) is 5.35. The summed E-state index contributed by atoms with van der Waals surface area (Å²) in [6.45, 7) is 4.23. The molecule has 1 aromatic rings. The fourth-order valence-electron chi connectivity index (χ4n) is 1.41. The van der Waals surface area contributed by atoms with Crippen LogP contribution in [0.5, 0.6) is 0 Å². The van der Waals surface area contributed by atoms with Crippen molar-refractivity contribution in [2.24, 2.45) is 0 Å². The Hall–Kier alpha value is -1.60. The highest BCUT2D eigenvalue weighted by atomic mass is 35.5. The number of rotatable bonds is 4. The van der Waals surface area contributed by atoms with Gasteiger partial charge in [-0.15, -0.1) is 0 Å². The standard InChI is InChI=1S/C12H14ClN3O/c1-9(2)16(7-3-6-14)12(17)11-5-4-10(13)8-15-11/h4-5,8-9H,3,7H2,1-2H3. The zero-order valence-electron chi connectivity index (χ0n) is 9.85. The molecule has 0 aliphatic carbocycles. The second kappa shape index (κ2) is 6.21. The summed E-state index contributed by atoms with van der Waals surface area (Å²) in [6.07, 6.45) is 1.76. The van der Waals surface area contributed by atoms with E-state index in [-0.39, 0.29) is 11.9 Å².